The van der Waals surface area contributed by atoms with Crippen molar-refractivity contribution in [1.29, 1.82) is 0 Å². The highest BCUT2D eigenvalue weighted by molar-refractivity contribution is 7.89. The molecular formula is C9H11NO4S. The lowest BCUT2D eigenvalue weighted by atomic mass is 10.4. The van der Waals surface area contributed by atoms with Gasteiger partial charge in [0.05, 0.1) is 4.90 Å². The standard InChI is InChI=1S/C9H11NO4S/c1-8(14-7-11)10-15(12,13)9-5-3-2-4-6-9/h2-8,10H,1H3. The molecule has 0 aliphatic rings. The Bertz CT molecular complexity index is 415. The quantitative estimate of drug-likeness (QED) is 0.589. The third-order valence-corrected chi connectivity index (χ3v) is 3.17. The first-order valence-corrected chi connectivity index (χ1v) is 5.71. The fourth-order valence-electron chi connectivity index (χ4n) is 0.997. The molecule has 0 heterocycles. The van der Waals surface area contributed by atoms with Crippen LogP contribution in [-0.4, -0.2) is 21.1 Å². The fourth-order valence-corrected chi connectivity index (χ4v) is 2.14. The molecule has 0 aromatic heterocycles. The zero-order valence-corrected chi connectivity index (χ0v) is 8.90. The molecule has 82 valence electrons. The Kier molecular flexibility index (Phi) is 3.81. The number of hydrogen-bond acceptors (Lipinski definition) is 4. The second kappa shape index (κ2) is 4.90. The van der Waals surface area contributed by atoms with Crippen molar-refractivity contribution < 1.29 is 17.9 Å². The van der Waals surface area contributed by atoms with Gasteiger partial charge < -0.3 is 4.74 Å². The number of carbonyl (C=O) groups excluding carboxylic acids is 1. The summed E-state index contributed by atoms with van der Waals surface area (Å²) >= 11 is 0. The lowest BCUT2D eigenvalue weighted by molar-refractivity contribution is -0.133. The monoisotopic (exact) mass is 229 g/mol. The van der Waals surface area contributed by atoms with Gasteiger partial charge in [0, 0.05) is 0 Å². The molecule has 1 rings (SSSR count). The molecule has 15 heavy (non-hydrogen) atoms. The summed E-state index contributed by atoms with van der Waals surface area (Å²) in [5.74, 6) is 0. The van der Waals surface area contributed by atoms with Gasteiger partial charge >= 0.3 is 0 Å². The van der Waals surface area contributed by atoms with Crippen molar-refractivity contribution >= 4 is 16.5 Å². The van der Waals surface area contributed by atoms with Crippen LogP contribution >= 0.6 is 0 Å². The third kappa shape index (κ3) is 3.34. The summed E-state index contributed by atoms with van der Waals surface area (Å²) < 4.78 is 29.8. The number of carbonyl (C=O) groups is 1. The fraction of sp³-hybridized carbons (Fsp3) is 0.222. The van der Waals surface area contributed by atoms with Gasteiger partial charge in [-0.3, -0.25) is 4.79 Å². The summed E-state index contributed by atoms with van der Waals surface area (Å²) in [6.07, 6.45) is -0.882. The summed E-state index contributed by atoms with van der Waals surface area (Å²) in [5.41, 5.74) is 0. The zero-order chi connectivity index (χ0) is 11.3. The summed E-state index contributed by atoms with van der Waals surface area (Å²) in [6.45, 7) is 1.62. The van der Waals surface area contributed by atoms with Crippen molar-refractivity contribution in [2.75, 3.05) is 0 Å². The van der Waals surface area contributed by atoms with Crippen LogP contribution in [0.15, 0.2) is 35.2 Å². The molecule has 1 atom stereocenters. The Balaban J connectivity index is 2.81. The highest BCUT2D eigenvalue weighted by atomic mass is 32.2. The van der Waals surface area contributed by atoms with E-state index in [2.05, 4.69) is 9.46 Å². The minimum absolute atomic E-state index is 0.131. The Morgan fingerprint density at radius 2 is 1.93 bits per heavy atom. The Morgan fingerprint density at radius 1 is 1.33 bits per heavy atom. The van der Waals surface area contributed by atoms with E-state index in [0.29, 0.717) is 0 Å². The molecule has 1 aromatic rings. The van der Waals surface area contributed by atoms with Crippen LogP contribution < -0.4 is 4.72 Å². The Morgan fingerprint density at radius 3 is 2.47 bits per heavy atom. The molecule has 1 N–H and O–H groups in total. The molecule has 1 aromatic carbocycles. The molecule has 0 aliphatic heterocycles. The SMILES string of the molecule is CC(NS(=O)(=O)c1ccccc1)OC=O. The predicted molar refractivity (Wildman–Crippen MR) is 53.4 cm³/mol. The molecule has 1 unspecified atom stereocenters. The van der Waals surface area contributed by atoms with Crippen molar-refractivity contribution in [3.8, 4) is 0 Å². The number of nitrogens with one attached hydrogen (secondary N) is 1. The molecule has 0 aliphatic carbocycles. The number of ether oxygens (including phenoxy) is 1. The molecule has 0 bridgehead atoms. The maximum atomic E-state index is 11.6. The van der Waals surface area contributed by atoms with E-state index < -0.39 is 16.3 Å². The van der Waals surface area contributed by atoms with Crippen molar-refractivity contribution in [3.05, 3.63) is 30.3 Å². The summed E-state index contributed by atoms with van der Waals surface area (Å²) in [6, 6.07) is 7.84. The van der Waals surface area contributed by atoms with Gasteiger partial charge in [-0.1, -0.05) is 18.2 Å². The van der Waals surface area contributed by atoms with Gasteiger partial charge in [-0.05, 0) is 19.1 Å². The molecular weight excluding hydrogens is 218 g/mol. The van der Waals surface area contributed by atoms with E-state index in [0.717, 1.165) is 0 Å². The van der Waals surface area contributed by atoms with Gasteiger partial charge in [-0.25, -0.2) is 8.42 Å². The van der Waals surface area contributed by atoms with E-state index in [-0.39, 0.29) is 11.4 Å². The van der Waals surface area contributed by atoms with Gasteiger partial charge in [-0.2, -0.15) is 4.72 Å². The minimum Gasteiger partial charge on any atom is -0.448 e. The van der Waals surface area contributed by atoms with E-state index in [4.69, 9.17) is 0 Å². The van der Waals surface area contributed by atoms with Crippen LogP contribution in [0, 0.1) is 0 Å². The normalized spacial score (nSPS) is 13.1. The molecule has 0 radical (unpaired) electrons. The Labute approximate surface area is 88.1 Å². The number of benzene rings is 1. The second-order valence-electron chi connectivity index (χ2n) is 2.81. The van der Waals surface area contributed by atoms with Crippen LogP contribution in [0.5, 0.6) is 0 Å². The predicted octanol–water partition coefficient (Wildman–Crippen LogP) is 0.484. The number of rotatable bonds is 5. The molecule has 0 spiro atoms. The molecule has 0 fully saturated rings. The van der Waals surface area contributed by atoms with Crippen molar-refractivity contribution in [3.63, 3.8) is 0 Å². The smallest absolute Gasteiger partial charge is 0.294 e. The van der Waals surface area contributed by atoms with Gasteiger partial charge in [0.2, 0.25) is 10.0 Å². The van der Waals surface area contributed by atoms with Crippen LogP contribution in [0.25, 0.3) is 0 Å². The van der Waals surface area contributed by atoms with E-state index in [1.54, 1.807) is 18.2 Å². The van der Waals surface area contributed by atoms with Gasteiger partial charge in [-0.15, -0.1) is 0 Å². The van der Waals surface area contributed by atoms with Crippen LogP contribution in [0.3, 0.4) is 0 Å². The van der Waals surface area contributed by atoms with Crippen molar-refractivity contribution in [2.45, 2.75) is 18.0 Å². The molecule has 0 saturated carbocycles. The molecule has 0 amide bonds. The van der Waals surface area contributed by atoms with Crippen LogP contribution in [-0.2, 0) is 19.6 Å². The maximum Gasteiger partial charge on any atom is 0.294 e. The van der Waals surface area contributed by atoms with Crippen LogP contribution in [0.4, 0.5) is 0 Å². The van der Waals surface area contributed by atoms with Crippen molar-refractivity contribution in [1.82, 2.24) is 4.72 Å². The van der Waals surface area contributed by atoms with E-state index in [1.807, 2.05) is 0 Å². The van der Waals surface area contributed by atoms with Gasteiger partial charge in [0.15, 0.2) is 6.23 Å². The topological polar surface area (TPSA) is 72.5 Å². The third-order valence-electron chi connectivity index (χ3n) is 1.63. The maximum absolute atomic E-state index is 11.6. The molecule has 0 saturated heterocycles. The van der Waals surface area contributed by atoms with Crippen LogP contribution in [0.1, 0.15) is 6.92 Å². The van der Waals surface area contributed by atoms with Gasteiger partial charge in [0.25, 0.3) is 6.47 Å². The van der Waals surface area contributed by atoms with E-state index in [1.165, 1.54) is 19.1 Å². The summed E-state index contributed by atoms with van der Waals surface area (Å²) in [7, 11) is -3.62. The average Bonchev–Trinajstić information content (AvgIpc) is 2.18. The summed E-state index contributed by atoms with van der Waals surface area (Å²) in [4.78, 5) is 10.1. The first-order valence-electron chi connectivity index (χ1n) is 4.23. The van der Waals surface area contributed by atoms with Crippen molar-refractivity contribution in [2.24, 2.45) is 0 Å². The first kappa shape index (κ1) is 11.7. The lowest BCUT2D eigenvalue weighted by Gasteiger charge is -2.11. The number of sulfonamides is 1. The van der Waals surface area contributed by atoms with E-state index >= 15 is 0 Å². The number of hydrogen-bond donors (Lipinski definition) is 1. The van der Waals surface area contributed by atoms with Gasteiger partial charge in [0.1, 0.15) is 0 Å². The van der Waals surface area contributed by atoms with E-state index in [9.17, 15) is 13.2 Å². The van der Waals surface area contributed by atoms with Crippen LogP contribution in [0.2, 0.25) is 0 Å². The highest BCUT2D eigenvalue weighted by Gasteiger charge is 2.16. The second-order valence-corrected chi connectivity index (χ2v) is 4.52. The zero-order valence-electron chi connectivity index (χ0n) is 8.08. The average molecular weight is 229 g/mol. The first-order chi connectivity index (χ1) is 7.06. The largest absolute Gasteiger partial charge is 0.448 e. The minimum atomic E-state index is -3.62. The highest BCUT2D eigenvalue weighted by Crippen LogP contribution is 2.07. The Hall–Kier alpha value is -1.40. The summed E-state index contributed by atoms with van der Waals surface area (Å²) in [5, 5.41) is 0. The lowest BCUT2D eigenvalue weighted by Crippen LogP contribution is -2.34. The molecule has 5 nitrogen and oxygen atoms in total. The molecule has 6 heteroatoms.